The summed E-state index contributed by atoms with van der Waals surface area (Å²) < 4.78 is 10.9. The SMILES string of the molecule is [CH2]CC(NC(=O)c1cccc(C2CCCCC2)c1)N1CCc2cc(OC)c(OC)cc2C1. The second kappa shape index (κ2) is 10.4. The molecule has 1 radical (unpaired) electrons. The molecule has 1 aliphatic carbocycles. The minimum absolute atomic E-state index is 0.0191. The fourth-order valence-electron chi connectivity index (χ4n) is 5.12. The molecule has 1 aliphatic heterocycles. The Morgan fingerprint density at radius 3 is 2.50 bits per heavy atom. The highest BCUT2D eigenvalue weighted by atomic mass is 16.5. The van der Waals surface area contributed by atoms with Gasteiger partial charge in [0.2, 0.25) is 0 Å². The lowest BCUT2D eigenvalue weighted by atomic mass is 9.83. The predicted octanol–water partition coefficient (Wildman–Crippen LogP) is 5.09. The number of nitrogens with one attached hydrogen (secondary N) is 1. The van der Waals surface area contributed by atoms with Crippen LogP contribution in [0.4, 0.5) is 0 Å². The predicted molar refractivity (Wildman–Crippen MR) is 127 cm³/mol. The summed E-state index contributed by atoms with van der Waals surface area (Å²) in [4.78, 5) is 15.4. The minimum Gasteiger partial charge on any atom is -0.493 e. The largest absolute Gasteiger partial charge is 0.493 e. The Labute approximate surface area is 192 Å². The molecule has 5 nitrogen and oxygen atoms in total. The van der Waals surface area contributed by atoms with E-state index in [2.05, 4.69) is 41.4 Å². The molecule has 5 heteroatoms. The van der Waals surface area contributed by atoms with Gasteiger partial charge in [-0.15, -0.1) is 0 Å². The number of methoxy groups -OCH3 is 2. The van der Waals surface area contributed by atoms with E-state index in [1.54, 1.807) is 14.2 Å². The van der Waals surface area contributed by atoms with Crippen molar-refractivity contribution in [3.8, 4) is 11.5 Å². The zero-order chi connectivity index (χ0) is 22.5. The van der Waals surface area contributed by atoms with Crippen molar-refractivity contribution in [2.45, 2.75) is 63.6 Å². The van der Waals surface area contributed by atoms with E-state index in [1.807, 2.05) is 12.1 Å². The Hall–Kier alpha value is -2.53. The normalized spacial score (nSPS) is 18.0. The van der Waals surface area contributed by atoms with Gasteiger partial charge in [-0.1, -0.05) is 31.4 Å². The molecule has 1 saturated carbocycles. The maximum atomic E-state index is 13.1. The lowest BCUT2D eigenvalue weighted by molar-refractivity contribution is 0.0828. The van der Waals surface area contributed by atoms with Gasteiger partial charge in [-0.3, -0.25) is 9.69 Å². The molecule has 171 valence electrons. The number of ether oxygens (including phenoxy) is 2. The second-order valence-electron chi connectivity index (χ2n) is 8.93. The van der Waals surface area contributed by atoms with Gasteiger partial charge in [0.15, 0.2) is 11.5 Å². The van der Waals surface area contributed by atoms with Crippen LogP contribution >= 0.6 is 0 Å². The number of benzene rings is 2. The Kier molecular flexibility index (Phi) is 7.36. The average molecular weight is 436 g/mol. The zero-order valence-corrected chi connectivity index (χ0v) is 19.4. The highest BCUT2D eigenvalue weighted by Gasteiger charge is 2.26. The van der Waals surface area contributed by atoms with E-state index in [4.69, 9.17) is 9.47 Å². The third-order valence-electron chi connectivity index (χ3n) is 6.98. The summed E-state index contributed by atoms with van der Waals surface area (Å²) in [6, 6.07) is 12.3. The van der Waals surface area contributed by atoms with Crippen LogP contribution in [-0.4, -0.2) is 37.7 Å². The molecular formula is C27H35N2O3. The topological polar surface area (TPSA) is 50.8 Å². The van der Waals surface area contributed by atoms with Crippen LogP contribution in [0, 0.1) is 6.92 Å². The fraction of sp³-hybridized carbons (Fsp3) is 0.481. The van der Waals surface area contributed by atoms with Crippen molar-refractivity contribution in [3.05, 3.63) is 65.6 Å². The van der Waals surface area contributed by atoms with Crippen LogP contribution in [0.1, 0.15) is 71.5 Å². The summed E-state index contributed by atoms with van der Waals surface area (Å²) in [5.74, 6) is 2.07. The van der Waals surface area contributed by atoms with Crippen LogP contribution < -0.4 is 14.8 Å². The second-order valence-corrected chi connectivity index (χ2v) is 8.93. The summed E-state index contributed by atoms with van der Waals surface area (Å²) in [6.45, 7) is 5.73. The number of rotatable bonds is 7. The lowest BCUT2D eigenvalue weighted by Crippen LogP contribution is -2.49. The fourth-order valence-corrected chi connectivity index (χ4v) is 5.12. The Morgan fingerprint density at radius 2 is 1.81 bits per heavy atom. The number of nitrogens with zero attached hydrogens (tertiary/aromatic N) is 1. The minimum atomic E-state index is -0.109. The van der Waals surface area contributed by atoms with Crippen LogP contribution in [0.3, 0.4) is 0 Å². The Bertz CT molecular complexity index is 936. The van der Waals surface area contributed by atoms with Crippen LogP contribution in [0.15, 0.2) is 36.4 Å². The van der Waals surface area contributed by atoms with E-state index in [1.165, 1.54) is 48.8 Å². The molecule has 1 unspecified atom stereocenters. The maximum absolute atomic E-state index is 13.1. The summed E-state index contributed by atoms with van der Waals surface area (Å²) in [7, 11) is 3.32. The van der Waals surface area contributed by atoms with Gasteiger partial charge in [-0.2, -0.15) is 0 Å². The third-order valence-corrected chi connectivity index (χ3v) is 6.98. The first-order valence-corrected chi connectivity index (χ1v) is 11.8. The van der Waals surface area contributed by atoms with Gasteiger partial charge in [0.1, 0.15) is 0 Å². The van der Waals surface area contributed by atoms with Crippen molar-refractivity contribution < 1.29 is 14.3 Å². The van der Waals surface area contributed by atoms with Crippen LogP contribution in [0.5, 0.6) is 11.5 Å². The number of amides is 1. The highest BCUT2D eigenvalue weighted by Crippen LogP contribution is 2.34. The van der Waals surface area contributed by atoms with E-state index in [9.17, 15) is 4.79 Å². The average Bonchev–Trinajstić information content (AvgIpc) is 2.86. The molecule has 0 bridgehead atoms. The molecule has 1 amide bonds. The van der Waals surface area contributed by atoms with Gasteiger partial charge < -0.3 is 14.8 Å². The molecule has 0 spiro atoms. The number of carbonyl (C=O) groups is 1. The van der Waals surface area contributed by atoms with E-state index in [0.29, 0.717) is 12.3 Å². The van der Waals surface area contributed by atoms with Crippen molar-refractivity contribution >= 4 is 5.91 Å². The molecule has 2 aromatic carbocycles. The van der Waals surface area contributed by atoms with Crippen molar-refractivity contribution in [2.24, 2.45) is 0 Å². The number of hydrogen-bond donors (Lipinski definition) is 1. The summed E-state index contributed by atoms with van der Waals surface area (Å²) in [5.41, 5.74) is 4.53. The number of hydrogen-bond acceptors (Lipinski definition) is 4. The van der Waals surface area contributed by atoms with Gasteiger partial charge in [0, 0.05) is 18.7 Å². The van der Waals surface area contributed by atoms with E-state index in [-0.39, 0.29) is 12.1 Å². The van der Waals surface area contributed by atoms with Crippen molar-refractivity contribution in [1.29, 1.82) is 0 Å². The number of fused-ring (bicyclic) bond motifs is 1. The van der Waals surface area contributed by atoms with Gasteiger partial charge in [0.05, 0.1) is 20.4 Å². The van der Waals surface area contributed by atoms with E-state index >= 15 is 0 Å². The van der Waals surface area contributed by atoms with E-state index in [0.717, 1.165) is 36.6 Å². The number of carbonyl (C=O) groups excluding carboxylic acids is 1. The van der Waals surface area contributed by atoms with Crippen LogP contribution in [-0.2, 0) is 13.0 Å². The maximum Gasteiger partial charge on any atom is 0.252 e. The van der Waals surface area contributed by atoms with Gasteiger partial charge in [-0.25, -0.2) is 0 Å². The Balaban J connectivity index is 1.45. The molecule has 1 atom stereocenters. The molecule has 2 aliphatic rings. The molecule has 4 rings (SSSR count). The zero-order valence-electron chi connectivity index (χ0n) is 19.4. The monoisotopic (exact) mass is 435 g/mol. The molecule has 32 heavy (non-hydrogen) atoms. The molecule has 1 N–H and O–H groups in total. The smallest absolute Gasteiger partial charge is 0.252 e. The quantitative estimate of drug-likeness (QED) is 0.658. The lowest BCUT2D eigenvalue weighted by Gasteiger charge is -2.36. The van der Waals surface area contributed by atoms with Gasteiger partial charge in [0.25, 0.3) is 5.91 Å². The summed E-state index contributed by atoms with van der Waals surface area (Å²) >= 11 is 0. The first kappa shape index (κ1) is 22.7. The summed E-state index contributed by atoms with van der Waals surface area (Å²) in [5, 5.41) is 3.23. The van der Waals surface area contributed by atoms with Crippen molar-refractivity contribution in [1.82, 2.24) is 10.2 Å². The standard InChI is InChI=1S/C27H35N2O3/c1-4-26(29-14-13-21-16-24(31-2)25(32-3)17-23(21)18-29)28-27(30)22-12-8-11-20(15-22)19-9-6-5-7-10-19/h8,11-12,15-17,19,26H,1,4-7,9-10,13-14,18H2,2-3H3,(H,28,30). The molecule has 1 fully saturated rings. The molecular weight excluding hydrogens is 400 g/mol. The molecule has 1 heterocycles. The van der Waals surface area contributed by atoms with Crippen LogP contribution in [0.25, 0.3) is 0 Å². The first-order valence-electron chi connectivity index (χ1n) is 11.8. The van der Waals surface area contributed by atoms with Gasteiger partial charge >= 0.3 is 0 Å². The molecule has 0 aromatic heterocycles. The Morgan fingerprint density at radius 1 is 1.09 bits per heavy atom. The van der Waals surface area contributed by atoms with Crippen molar-refractivity contribution in [2.75, 3.05) is 20.8 Å². The first-order chi connectivity index (χ1) is 15.6. The van der Waals surface area contributed by atoms with E-state index < -0.39 is 0 Å². The van der Waals surface area contributed by atoms with Crippen LogP contribution in [0.2, 0.25) is 0 Å². The molecule has 2 aromatic rings. The third kappa shape index (κ3) is 4.93. The summed E-state index contributed by atoms with van der Waals surface area (Å²) in [6.07, 6.45) is 7.77. The highest BCUT2D eigenvalue weighted by molar-refractivity contribution is 5.94. The molecule has 0 saturated heterocycles. The van der Waals surface area contributed by atoms with Gasteiger partial charge in [-0.05, 0) is 79.5 Å². The van der Waals surface area contributed by atoms with Crippen molar-refractivity contribution in [3.63, 3.8) is 0 Å².